The van der Waals surface area contributed by atoms with Gasteiger partial charge in [-0.05, 0) is 36.8 Å². The number of carbonyl (C=O) groups excluding carboxylic acids is 2. The zero-order valence-corrected chi connectivity index (χ0v) is 16.8. The van der Waals surface area contributed by atoms with E-state index >= 15 is 0 Å². The Morgan fingerprint density at radius 2 is 2.11 bits per heavy atom. The zero-order valence-electron chi connectivity index (χ0n) is 15.2. The van der Waals surface area contributed by atoms with Crippen LogP contribution in [0.3, 0.4) is 0 Å². The van der Waals surface area contributed by atoms with Crippen molar-refractivity contribution in [2.24, 2.45) is 5.92 Å². The number of thiazole rings is 1. The van der Waals surface area contributed by atoms with Gasteiger partial charge in [-0.1, -0.05) is 29.8 Å². The largest absolute Gasteiger partial charge is 0.356 e. The molecule has 7 heteroatoms. The van der Waals surface area contributed by atoms with Crippen LogP contribution < -0.4 is 10.2 Å². The summed E-state index contributed by atoms with van der Waals surface area (Å²) >= 11 is 7.70. The second kappa shape index (κ2) is 8.29. The predicted molar refractivity (Wildman–Crippen MR) is 113 cm³/mol. The molecule has 1 aliphatic rings. The Kier molecular flexibility index (Phi) is 5.59. The highest BCUT2D eigenvalue weighted by Crippen LogP contribution is 2.27. The van der Waals surface area contributed by atoms with Gasteiger partial charge >= 0.3 is 0 Å². The number of hydrogen-bond donors (Lipinski definition) is 1. The molecule has 1 N–H and O–H groups in total. The summed E-state index contributed by atoms with van der Waals surface area (Å²) in [5.41, 5.74) is 1.76. The number of anilines is 1. The molecule has 0 bridgehead atoms. The maximum atomic E-state index is 12.5. The van der Waals surface area contributed by atoms with Crippen LogP contribution in [0, 0.1) is 5.92 Å². The van der Waals surface area contributed by atoms with Crippen LogP contribution in [0.5, 0.6) is 0 Å². The molecule has 1 atom stereocenters. The molecule has 0 aliphatic carbocycles. The molecule has 1 aromatic heterocycles. The van der Waals surface area contributed by atoms with Gasteiger partial charge in [0.25, 0.3) is 0 Å². The van der Waals surface area contributed by atoms with Crippen LogP contribution in [0.1, 0.15) is 17.8 Å². The quantitative estimate of drug-likeness (QED) is 0.620. The van der Waals surface area contributed by atoms with Crippen LogP contribution in [0.15, 0.2) is 48.5 Å². The van der Waals surface area contributed by atoms with Crippen molar-refractivity contribution in [3.05, 3.63) is 58.6 Å². The first-order valence-electron chi connectivity index (χ1n) is 9.28. The number of aromatic nitrogens is 1. The molecule has 5 nitrogen and oxygen atoms in total. The molecular formula is C21H20ClN3O2S. The zero-order chi connectivity index (χ0) is 19.5. The van der Waals surface area contributed by atoms with Crippen LogP contribution in [-0.4, -0.2) is 29.9 Å². The van der Waals surface area contributed by atoms with Crippen LogP contribution in [-0.2, 0) is 16.0 Å². The Labute approximate surface area is 172 Å². The minimum atomic E-state index is -0.325. The van der Waals surface area contributed by atoms with E-state index in [1.165, 1.54) is 4.70 Å². The highest BCUT2D eigenvalue weighted by atomic mass is 35.5. The molecule has 3 aromatic rings. The van der Waals surface area contributed by atoms with Gasteiger partial charge in [0.2, 0.25) is 11.8 Å². The summed E-state index contributed by atoms with van der Waals surface area (Å²) < 4.78 is 1.19. The molecule has 4 rings (SSSR count). The van der Waals surface area contributed by atoms with E-state index in [2.05, 4.69) is 16.4 Å². The third-order valence-electron chi connectivity index (χ3n) is 4.82. The second-order valence-electron chi connectivity index (χ2n) is 6.86. The number of amides is 2. The van der Waals surface area contributed by atoms with Crippen molar-refractivity contribution in [3.8, 4) is 0 Å². The van der Waals surface area contributed by atoms with Crippen LogP contribution in [0.25, 0.3) is 10.2 Å². The molecule has 0 saturated carbocycles. The lowest BCUT2D eigenvalue weighted by Crippen LogP contribution is -2.33. The summed E-state index contributed by atoms with van der Waals surface area (Å²) in [6.07, 6.45) is 1.89. The van der Waals surface area contributed by atoms with E-state index in [0.717, 1.165) is 29.1 Å². The first kappa shape index (κ1) is 18.9. The van der Waals surface area contributed by atoms with E-state index in [1.807, 2.05) is 24.3 Å². The number of aryl methyl sites for hydroxylation is 1. The Morgan fingerprint density at radius 1 is 1.25 bits per heavy atom. The maximum absolute atomic E-state index is 12.5. The van der Waals surface area contributed by atoms with Gasteiger partial charge in [0, 0.05) is 36.6 Å². The number of para-hydroxylation sites is 1. The molecule has 2 heterocycles. The fraction of sp³-hybridized carbons (Fsp3) is 0.286. The van der Waals surface area contributed by atoms with Crippen molar-refractivity contribution in [2.45, 2.75) is 19.3 Å². The standard InChI is InChI=1S/C21H20ClN3O2S/c22-15-5-3-6-16(12-15)25-13-14(11-20(25)26)21(27)23-10-4-9-19-24-17-7-1-2-8-18(17)28-19/h1-3,5-8,12,14H,4,9-11,13H2,(H,23,27). The van der Waals surface area contributed by atoms with Gasteiger partial charge in [0.1, 0.15) is 0 Å². The Balaban J connectivity index is 1.26. The topological polar surface area (TPSA) is 62.3 Å². The lowest BCUT2D eigenvalue weighted by Gasteiger charge is -2.17. The lowest BCUT2D eigenvalue weighted by atomic mass is 10.1. The number of rotatable bonds is 6. The maximum Gasteiger partial charge on any atom is 0.227 e. The summed E-state index contributed by atoms with van der Waals surface area (Å²) in [6.45, 7) is 0.972. The Morgan fingerprint density at radius 3 is 2.93 bits per heavy atom. The first-order chi connectivity index (χ1) is 13.6. The van der Waals surface area contributed by atoms with E-state index in [-0.39, 0.29) is 24.2 Å². The summed E-state index contributed by atoms with van der Waals surface area (Å²) in [5.74, 6) is -0.437. The lowest BCUT2D eigenvalue weighted by molar-refractivity contribution is -0.126. The highest BCUT2D eigenvalue weighted by molar-refractivity contribution is 7.18. The van der Waals surface area contributed by atoms with Crippen LogP contribution in [0.4, 0.5) is 5.69 Å². The minimum absolute atomic E-state index is 0.0445. The van der Waals surface area contributed by atoms with Gasteiger partial charge in [-0.15, -0.1) is 11.3 Å². The highest BCUT2D eigenvalue weighted by Gasteiger charge is 2.34. The molecule has 0 spiro atoms. The van der Waals surface area contributed by atoms with E-state index in [0.29, 0.717) is 18.1 Å². The molecule has 144 valence electrons. The smallest absolute Gasteiger partial charge is 0.227 e. The van der Waals surface area contributed by atoms with Gasteiger partial charge in [0.15, 0.2) is 0 Å². The number of benzene rings is 2. The predicted octanol–water partition coefficient (Wildman–Crippen LogP) is 4.05. The molecule has 1 saturated heterocycles. The monoisotopic (exact) mass is 413 g/mol. The van der Waals surface area contributed by atoms with Gasteiger partial charge < -0.3 is 10.2 Å². The molecule has 2 aromatic carbocycles. The summed E-state index contributed by atoms with van der Waals surface area (Å²) in [7, 11) is 0. The van der Waals surface area contributed by atoms with Gasteiger partial charge in [0.05, 0.1) is 21.1 Å². The Hall–Kier alpha value is -2.44. The molecule has 1 aliphatic heterocycles. The van der Waals surface area contributed by atoms with Crippen molar-refractivity contribution in [1.29, 1.82) is 0 Å². The fourth-order valence-electron chi connectivity index (χ4n) is 3.40. The summed E-state index contributed by atoms with van der Waals surface area (Å²) in [5, 5.41) is 4.62. The van der Waals surface area contributed by atoms with Crippen molar-refractivity contribution in [1.82, 2.24) is 10.3 Å². The average Bonchev–Trinajstić information content (AvgIpc) is 3.28. The Bertz CT molecular complexity index is 987. The fourth-order valence-corrected chi connectivity index (χ4v) is 4.59. The number of hydrogen-bond acceptors (Lipinski definition) is 4. The van der Waals surface area contributed by atoms with Crippen LogP contribution in [0.2, 0.25) is 5.02 Å². The van der Waals surface area contributed by atoms with Gasteiger partial charge in [-0.3, -0.25) is 9.59 Å². The van der Waals surface area contributed by atoms with Gasteiger partial charge in [-0.2, -0.15) is 0 Å². The summed E-state index contributed by atoms with van der Waals surface area (Å²) in [4.78, 5) is 31.0. The number of nitrogens with one attached hydrogen (secondary N) is 1. The molecule has 0 radical (unpaired) electrons. The van der Waals surface area contributed by atoms with E-state index in [9.17, 15) is 9.59 Å². The molecule has 2 amide bonds. The summed E-state index contributed by atoms with van der Waals surface area (Å²) in [6, 6.07) is 15.2. The SMILES string of the molecule is O=C(NCCCc1nc2ccccc2s1)C1CC(=O)N(c2cccc(Cl)c2)C1. The number of nitrogens with zero attached hydrogens (tertiary/aromatic N) is 2. The second-order valence-corrected chi connectivity index (χ2v) is 8.41. The van der Waals surface area contributed by atoms with E-state index < -0.39 is 0 Å². The average molecular weight is 414 g/mol. The number of fused-ring (bicyclic) bond motifs is 1. The normalized spacial score (nSPS) is 16.7. The third kappa shape index (κ3) is 4.18. The van der Waals surface area contributed by atoms with Gasteiger partial charge in [-0.25, -0.2) is 4.98 Å². The van der Waals surface area contributed by atoms with E-state index in [1.54, 1.807) is 34.4 Å². The number of carbonyl (C=O) groups is 2. The number of halogens is 1. The minimum Gasteiger partial charge on any atom is -0.356 e. The van der Waals surface area contributed by atoms with Crippen LogP contribution >= 0.6 is 22.9 Å². The van der Waals surface area contributed by atoms with Crippen molar-refractivity contribution >= 4 is 50.7 Å². The van der Waals surface area contributed by atoms with Crippen molar-refractivity contribution in [3.63, 3.8) is 0 Å². The molecule has 1 fully saturated rings. The van der Waals surface area contributed by atoms with Crippen molar-refractivity contribution < 1.29 is 9.59 Å². The van der Waals surface area contributed by atoms with E-state index in [4.69, 9.17) is 11.6 Å². The molecule has 1 unspecified atom stereocenters. The third-order valence-corrected chi connectivity index (χ3v) is 6.15. The molecular weight excluding hydrogens is 394 g/mol. The van der Waals surface area contributed by atoms with Crippen molar-refractivity contribution in [2.75, 3.05) is 18.0 Å². The molecule has 28 heavy (non-hydrogen) atoms. The first-order valence-corrected chi connectivity index (χ1v) is 10.5.